The molecule has 2 aromatic carbocycles. The summed E-state index contributed by atoms with van der Waals surface area (Å²) in [4.78, 5) is 23.7. The van der Waals surface area contributed by atoms with Gasteiger partial charge in [0.25, 0.3) is 11.8 Å². The summed E-state index contributed by atoms with van der Waals surface area (Å²) in [6.07, 6.45) is 0. The first kappa shape index (κ1) is 18.4. The van der Waals surface area contributed by atoms with Crippen LogP contribution < -0.4 is 15.4 Å². The first-order valence-corrected chi connectivity index (χ1v) is 7.93. The second-order valence-corrected chi connectivity index (χ2v) is 5.94. The molecule has 8 heteroatoms. The lowest BCUT2D eigenvalue weighted by atomic mass is 10.2. The highest BCUT2D eigenvalue weighted by molar-refractivity contribution is 6.34. The number of benzene rings is 2. The van der Waals surface area contributed by atoms with E-state index in [1.807, 2.05) is 0 Å². The molecule has 0 fully saturated rings. The topological polar surface area (TPSA) is 67.4 Å². The Hall–Kier alpha value is -1.95. The van der Waals surface area contributed by atoms with Gasteiger partial charge in [0.15, 0.2) is 6.61 Å². The molecule has 2 rings (SSSR count). The average molecular weight is 388 g/mol. The highest BCUT2D eigenvalue weighted by atomic mass is 35.5. The Morgan fingerprint density at radius 1 is 1.04 bits per heavy atom. The van der Waals surface area contributed by atoms with Gasteiger partial charge in [0.1, 0.15) is 5.75 Å². The summed E-state index contributed by atoms with van der Waals surface area (Å²) in [6.45, 7) is -0.266. The fourth-order valence-electron chi connectivity index (χ4n) is 1.84. The number of nitrogens with one attached hydrogen (secondary N) is 2. The summed E-state index contributed by atoms with van der Waals surface area (Å²) in [6, 6.07) is 9.29. The zero-order chi connectivity index (χ0) is 17.7. The van der Waals surface area contributed by atoms with Crippen molar-refractivity contribution < 1.29 is 14.3 Å². The van der Waals surface area contributed by atoms with E-state index in [9.17, 15) is 9.59 Å². The van der Waals surface area contributed by atoms with E-state index in [1.54, 1.807) is 18.2 Å². The zero-order valence-electron chi connectivity index (χ0n) is 12.5. The number of rotatable bonds is 5. The number of halogens is 3. The predicted octanol–water partition coefficient (Wildman–Crippen LogP) is 4.02. The first-order valence-electron chi connectivity index (χ1n) is 6.80. The summed E-state index contributed by atoms with van der Waals surface area (Å²) in [5, 5.41) is 6.17. The number of carbonyl (C=O) groups excluding carboxylic acids is 2. The van der Waals surface area contributed by atoms with Crippen molar-refractivity contribution in [1.29, 1.82) is 0 Å². The van der Waals surface area contributed by atoms with E-state index < -0.39 is 5.91 Å². The number of hydrogen-bond donors (Lipinski definition) is 2. The Bertz CT molecular complexity index is 781. The lowest BCUT2D eigenvalue weighted by Gasteiger charge is -2.10. The molecule has 0 saturated carbocycles. The van der Waals surface area contributed by atoms with Crippen LogP contribution in [0.3, 0.4) is 0 Å². The van der Waals surface area contributed by atoms with E-state index >= 15 is 0 Å². The SMILES string of the molecule is CNC(=O)c1cc(NC(=O)COc2cc(Cl)ccc2Cl)ccc1Cl. The largest absolute Gasteiger partial charge is 0.482 e. The van der Waals surface area contributed by atoms with Crippen LogP contribution in [0.1, 0.15) is 10.4 Å². The van der Waals surface area contributed by atoms with E-state index in [1.165, 1.54) is 25.2 Å². The summed E-state index contributed by atoms with van der Waals surface area (Å²) in [5.74, 6) is -0.462. The highest BCUT2D eigenvalue weighted by Crippen LogP contribution is 2.27. The average Bonchev–Trinajstić information content (AvgIpc) is 2.56. The van der Waals surface area contributed by atoms with Gasteiger partial charge in [-0.3, -0.25) is 9.59 Å². The third-order valence-corrected chi connectivity index (χ3v) is 3.85. The molecule has 0 aromatic heterocycles. The van der Waals surface area contributed by atoms with Gasteiger partial charge >= 0.3 is 0 Å². The van der Waals surface area contributed by atoms with Crippen molar-refractivity contribution in [2.75, 3.05) is 19.0 Å². The normalized spacial score (nSPS) is 10.2. The molecule has 2 aromatic rings. The number of carbonyl (C=O) groups is 2. The molecule has 0 aliphatic rings. The number of hydrogen-bond acceptors (Lipinski definition) is 3. The Labute approximate surface area is 153 Å². The highest BCUT2D eigenvalue weighted by Gasteiger charge is 2.12. The minimum atomic E-state index is -0.420. The van der Waals surface area contributed by atoms with Gasteiger partial charge in [-0.15, -0.1) is 0 Å². The fourth-order valence-corrected chi connectivity index (χ4v) is 2.38. The molecular weight excluding hydrogens is 375 g/mol. The van der Waals surface area contributed by atoms with Crippen LogP contribution in [0.15, 0.2) is 36.4 Å². The molecule has 0 aliphatic heterocycles. The molecule has 0 aliphatic carbocycles. The van der Waals surface area contributed by atoms with Crippen molar-refractivity contribution in [2.45, 2.75) is 0 Å². The molecule has 126 valence electrons. The number of amides is 2. The minimum Gasteiger partial charge on any atom is -0.482 e. The summed E-state index contributed by atoms with van der Waals surface area (Å²) >= 11 is 17.8. The van der Waals surface area contributed by atoms with Crippen LogP contribution in [0, 0.1) is 0 Å². The molecule has 24 heavy (non-hydrogen) atoms. The molecule has 0 spiro atoms. The summed E-state index contributed by atoms with van der Waals surface area (Å²) in [7, 11) is 1.49. The van der Waals surface area contributed by atoms with Crippen molar-refractivity contribution in [3.8, 4) is 5.75 Å². The van der Waals surface area contributed by atoms with Crippen LogP contribution >= 0.6 is 34.8 Å². The summed E-state index contributed by atoms with van der Waals surface area (Å²) in [5.41, 5.74) is 0.680. The van der Waals surface area contributed by atoms with Crippen LogP contribution in [0.5, 0.6) is 5.75 Å². The monoisotopic (exact) mass is 386 g/mol. The number of anilines is 1. The maximum absolute atomic E-state index is 12.0. The molecule has 0 unspecified atom stereocenters. The van der Waals surface area contributed by atoms with Crippen LogP contribution in [0.25, 0.3) is 0 Å². The Kier molecular flexibility index (Phi) is 6.31. The molecule has 0 atom stereocenters. The maximum Gasteiger partial charge on any atom is 0.262 e. The van der Waals surface area contributed by atoms with Gasteiger partial charge in [0.2, 0.25) is 0 Å². The van der Waals surface area contributed by atoms with Gasteiger partial charge in [0, 0.05) is 23.8 Å². The molecule has 0 saturated heterocycles. The van der Waals surface area contributed by atoms with Crippen molar-refractivity contribution in [1.82, 2.24) is 5.32 Å². The Morgan fingerprint density at radius 3 is 2.46 bits per heavy atom. The Morgan fingerprint density at radius 2 is 1.75 bits per heavy atom. The van der Waals surface area contributed by atoms with E-state index in [-0.39, 0.29) is 23.1 Å². The van der Waals surface area contributed by atoms with Gasteiger partial charge in [0.05, 0.1) is 15.6 Å². The fraction of sp³-hybridized carbons (Fsp3) is 0.125. The molecule has 0 heterocycles. The van der Waals surface area contributed by atoms with Crippen molar-refractivity contribution in [2.24, 2.45) is 0 Å². The van der Waals surface area contributed by atoms with Crippen molar-refractivity contribution in [3.05, 3.63) is 57.0 Å². The first-order chi connectivity index (χ1) is 11.4. The molecular formula is C16H13Cl3N2O3. The lowest BCUT2D eigenvalue weighted by Crippen LogP contribution is -2.21. The predicted molar refractivity (Wildman–Crippen MR) is 95.4 cm³/mol. The van der Waals surface area contributed by atoms with Gasteiger partial charge < -0.3 is 15.4 Å². The second-order valence-electron chi connectivity index (χ2n) is 4.69. The molecule has 0 radical (unpaired) electrons. The second kappa shape index (κ2) is 8.24. The van der Waals surface area contributed by atoms with Crippen LogP contribution in [0.2, 0.25) is 15.1 Å². The standard InChI is InChI=1S/C16H13Cl3N2O3/c1-20-16(23)11-7-10(3-5-12(11)18)21-15(22)8-24-14-6-9(17)2-4-13(14)19/h2-7H,8H2,1H3,(H,20,23)(H,21,22). The third-order valence-electron chi connectivity index (χ3n) is 2.97. The minimum absolute atomic E-state index is 0.260. The molecule has 2 N–H and O–H groups in total. The van der Waals surface area contributed by atoms with Crippen molar-refractivity contribution in [3.63, 3.8) is 0 Å². The third kappa shape index (κ3) is 4.77. The lowest BCUT2D eigenvalue weighted by molar-refractivity contribution is -0.118. The van der Waals surface area contributed by atoms with Gasteiger partial charge in [-0.1, -0.05) is 34.8 Å². The van der Waals surface area contributed by atoms with Crippen molar-refractivity contribution >= 4 is 52.3 Å². The zero-order valence-corrected chi connectivity index (χ0v) is 14.8. The molecule has 0 bridgehead atoms. The van der Waals surface area contributed by atoms with Crippen LogP contribution in [0.4, 0.5) is 5.69 Å². The smallest absolute Gasteiger partial charge is 0.262 e. The van der Waals surface area contributed by atoms with Gasteiger partial charge in [-0.05, 0) is 30.3 Å². The van der Waals surface area contributed by atoms with E-state index in [0.29, 0.717) is 21.5 Å². The number of ether oxygens (including phenoxy) is 1. The quantitative estimate of drug-likeness (QED) is 0.814. The van der Waals surface area contributed by atoms with Gasteiger partial charge in [-0.2, -0.15) is 0 Å². The summed E-state index contributed by atoms with van der Waals surface area (Å²) < 4.78 is 5.34. The van der Waals surface area contributed by atoms with E-state index in [0.717, 1.165) is 0 Å². The maximum atomic E-state index is 12.0. The molecule has 2 amide bonds. The molecule has 5 nitrogen and oxygen atoms in total. The van der Waals surface area contributed by atoms with Gasteiger partial charge in [-0.25, -0.2) is 0 Å². The van der Waals surface area contributed by atoms with E-state index in [2.05, 4.69) is 10.6 Å². The van der Waals surface area contributed by atoms with E-state index in [4.69, 9.17) is 39.5 Å². The Balaban J connectivity index is 2.02. The van der Waals surface area contributed by atoms with Crippen LogP contribution in [-0.2, 0) is 4.79 Å². The van der Waals surface area contributed by atoms with Crippen LogP contribution in [-0.4, -0.2) is 25.5 Å².